The maximum Gasteiger partial charge on any atom is 0.573 e. The molecule has 0 saturated carbocycles. The Morgan fingerprint density at radius 2 is 1.74 bits per heavy atom. The van der Waals surface area contributed by atoms with Gasteiger partial charge in [-0.2, -0.15) is 0 Å². The quantitative estimate of drug-likeness (QED) is 0.718. The summed E-state index contributed by atoms with van der Waals surface area (Å²) in [7, 11) is -2.81. The zero-order chi connectivity index (χ0) is 20.4. The first kappa shape index (κ1) is 21.0. The number of nitrogens with one attached hydrogen (secondary N) is 1. The Labute approximate surface area is 162 Å². The third-order valence-corrected chi connectivity index (χ3v) is 5.31. The van der Waals surface area contributed by atoms with Crippen molar-refractivity contribution < 1.29 is 31.1 Å². The molecule has 0 saturated heterocycles. The number of anilines is 2. The van der Waals surface area contributed by atoms with Crippen LogP contribution in [0.4, 0.5) is 24.5 Å². The van der Waals surface area contributed by atoms with Crippen molar-refractivity contribution in [2.45, 2.75) is 18.2 Å². The summed E-state index contributed by atoms with van der Waals surface area (Å²) in [4.78, 5) is 12.0. The number of benzene rings is 2. The number of carbonyl (C=O) groups is 1. The second-order valence-electron chi connectivity index (χ2n) is 5.37. The molecular formula is C16H14BrF3N2O4S. The summed E-state index contributed by atoms with van der Waals surface area (Å²) in [5.41, 5.74) is 0.631. The second-order valence-corrected chi connectivity index (χ2v) is 7.94. The van der Waals surface area contributed by atoms with Crippen LogP contribution in [0.1, 0.15) is 6.92 Å². The smallest absolute Gasteiger partial charge is 0.404 e. The maximum absolute atomic E-state index is 12.6. The first-order valence-electron chi connectivity index (χ1n) is 7.31. The summed E-state index contributed by atoms with van der Waals surface area (Å²) in [6.07, 6.45) is -5.05. The summed E-state index contributed by atoms with van der Waals surface area (Å²) in [6.45, 7) is 1.37. The van der Waals surface area contributed by atoms with Crippen molar-refractivity contribution in [2.24, 2.45) is 0 Å². The lowest BCUT2D eigenvalue weighted by Gasteiger charge is -2.17. The maximum atomic E-state index is 12.6. The summed E-state index contributed by atoms with van der Waals surface area (Å²) >= 11 is 2.98. The van der Waals surface area contributed by atoms with Crippen LogP contribution in [0.15, 0.2) is 51.8 Å². The van der Waals surface area contributed by atoms with Crippen LogP contribution in [-0.2, 0) is 14.8 Å². The van der Waals surface area contributed by atoms with Gasteiger partial charge in [0.1, 0.15) is 4.90 Å². The highest BCUT2D eigenvalue weighted by Crippen LogP contribution is 2.33. The number of carbonyl (C=O) groups excluding carboxylic acids is 1. The van der Waals surface area contributed by atoms with Gasteiger partial charge in [-0.05, 0) is 42.5 Å². The van der Waals surface area contributed by atoms with E-state index in [0.29, 0.717) is 5.69 Å². The number of amides is 1. The lowest BCUT2D eigenvalue weighted by Crippen LogP contribution is -2.22. The van der Waals surface area contributed by atoms with Crippen molar-refractivity contribution in [3.05, 3.63) is 46.9 Å². The van der Waals surface area contributed by atoms with E-state index >= 15 is 0 Å². The monoisotopic (exact) mass is 466 g/mol. The fraction of sp³-hybridized carbons (Fsp3) is 0.188. The molecule has 27 heavy (non-hydrogen) atoms. The van der Waals surface area contributed by atoms with Gasteiger partial charge >= 0.3 is 6.36 Å². The van der Waals surface area contributed by atoms with Gasteiger partial charge in [0.2, 0.25) is 5.91 Å². The van der Waals surface area contributed by atoms with Gasteiger partial charge in [-0.15, -0.1) is 13.2 Å². The molecule has 0 spiro atoms. The molecular weight excluding hydrogens is 453 g/mol. The standard InChI is InChI=1S/C16H14BrF3N2O4S/c1-10(23)22(2)13-6-4-12(5-7-13)21-27(24,25)15-8-3-11(17)9-14(15)26-16(18,19)20/h3-9,21H,1-2H3. The van der Waals surface area contributed by atoms with E-state index in [-0.39, 0.29) is 16.1 Å². The van der Waals surface area contributed by atoms with Gasteiger partial charge in [0.15, 0.2) is 5.75 Å². The molecule has 0 aromatic heterocycles. The van der Waals surface area contributed by atoms with E-state index in [1.807, 2.05) is 0 Å². The minimum absolute atomic E-state index is 0.108. The lowest BCUT2D eigenvalue weighted by atomic mass is 10.2. The molecule has 0 atom stereocenters. The van der Waals surface area contributed by atoms with E-state index < -0.39 is 27.0 Å². The van der Waals surface area contributed by atoms with Crippen molar-refractivity contribution >= 4 is 43.2 Å². The average Bonchev–Trinajstić information content (AvgIpc) is 2.52. The molecule has 11 heteroatoms. The van der Waals surface area contributed by atoms with Crippen LogP contribution in [0, 0.1) is 0 Å². The van der Waals surface area contributed by atoms with Gasteiger partial charge in [-0.25, -0.2) is 8.42 Å². The Kier molecular flexibility index (Phi) is 6.05. The van der Waals surface area contributed by atoms with Crippen molar-refractivity contribution in [3.8, 4) is 5.75 Å². The fourth-order valence-corrected chi connectivity index (χ4v) is 3.56. The Balaban J connectivity index is 2.33. The topological polar surface area (TPSA) is 75.7 Å². The van der Waals surface area contributed by atoms with Gasteiger partial charge in [0, 0.05) is 29.8 Å². The SMILES string of the molecule is CC(=O)N(C)c1ccc(NS(=O)(=O)c2ccc(Br)cc2OC(F)(F)F)cc1. The molecule has 0 aliphatic heterocycles. The normalized spacial score (nSPS) is 11.8. The number of alkyl halides is 3. The number of halogens is 4. The minimum atomic E-state index is -5.05. The van der Waals surface area contributed by atoms with E-state index in [1.54, 1.807) is 7.05 Å². The highest BCUT2D eigenvalue weighted by molar-refractivity contribution is 9.10. The predicted molar refractivity (Wildman–Crippen MR) is 97.2 cm³/mol. The largest absolute Gasteiger partial charge is 0.573 e. The number of hydrogen-bond donors (Lipinski definition) is 1. The molecule has 0 radical (unpaired) electrons. The Bertz CT molecular complexity index is 947. The second kappa shape index (κ2) is 7.77. The third-order valence-electron chi connectivity index (χ3n) is 3.40. The molecule has 2 aromatic rings. The van der Waals surface area contributed by atoms with Crippen molar-refractivity contribution in [1.82, 2.24) is 0 Å². The van der Waals surface area contributed by atoms with Gasteiger partial charge in [-0.3, -0.25) is 9.52 Å². The van der Waals surface area contributed by atoms with Crippen LogP contribution in [0.3, 0.4) is 0 Å². The zero-order valence-corrected chi connectivity index (χ0v) is 16.4. The summed E-state index contributed by atoms with van der Waals surface area (Å²) in [6, 6.07) is 8.94. The number of sulfonamides is 1. The van der Waals surface area contributed by atoms with E-state index in [2.05, 4.69) is 25.4 Å². The Morgan fingerprint density at radius 3 is 2.26 bits per heavy atom. The summed E-state index contributed by atoms with van der Waals surface area (Å²) < 4.78 is 68.9. The molecule has 6 nitrogen and oxygen atoms in total. The highest BCUT2D eigenvalue weighted by Gasteiger charge is 2.34. The van der Waals surface area contributed by atoms with Gasteiger partial charge in [-0.1, -0.05) is 15.9 Å². The van der Waals surface area contributed by atoms with Crippen LogP contribution in [0.5, 0.6) is 5.75 Å². The molecule has 0 heterocycles. The van der Waals surface area contributed by atoms with E-state index in [4.69, 9.17) is 0 Å². The number of rotatable bonds is 5. The fourth-order valence-electron chi connectivity index (χ4n) is 2.05. The van der Waals surface area contributed by atoms with Crippen molar-refractivity contribution in [3.63, 3.8) is 0 Å². The predicted octanol–water partition coefficient (Wildman–Crippen LogP) is 4.13. The first-order valence-corrected chi connectivity index (χ1v) is 9.59. The van der Waals surface area contributed by atoms with Crippen LogP contribution in [0.2, 0.25) is 0 Å². The van der Waals surface area contributed by atoms with Gasteiger partial charge in [0.05, 0.1) is 0 Å². The van der Waals surface area contributed by atoms with Crippen molar-refractivity contribution in [2.75, 3.05) is 16.7 Å². The molecule has 146 valence electrons. The average molecular weight is 467 g/mol. The molecule has 0 bridgehead atoms. The molecule has 1 N–H and O–H groups in total. The van der Waals surface area contributed by atoms with Gasteiger partial charge in [0.25, 0.3) is 10.0 Å². The summed E-state index contributed by atoms with van der Waals surface area (Å²) in [5, 5.41) is 0. The van der Waals surface area contributed by atoms with Crippen LogP contribution in [0.25, 0.3) is 0 Å². The summed E-state index contributed by atoms with van der Waals surface area (Å²) in [5.74, 6) is -1.08. The molecule has 1 amide bonds. The Morgan fingerprint density at radius 1 is 1.15 bits per heavy atom. The van der Waals surface area contributed by atoms with E-state index in [1.165, 1.54) is 42.2 Å². The zero-order valence-electron chi connectivity index (χ0n) is 14.0. The highest BCUT2D eigenvalue weighted by atomic mass is 79.9. The van der Waals surface area contributed by atoms with Crippen LogP contribution in [-0.4, -0.2) is 27.7 Å². The van der Waals surface area contributed by atoms with Gasteiger partial charge < -0.3 is 9.64 Å². The molecule has 0 aliphatic rings. The molecule has 2 aromatic carbocycles. The van der Waals surface area contributed by atoms with E-state index in [0.717, 1.165) is 12.1 Å². The lowest BCUT2D eigenvalue weighted by molar-refractivity contribution is -0.275. The van der Waals surface area contributed by atoms with Crippen molar-refractivity contribution in [1.29, 1.82) is 0 Å². The number of ether oxygens (including phenoxy) is 1. The number of nitrogens with zero attached hydrogens (tertiary/aromatic N) is 1. The number of hydrogen-bond acceptors (Lipinski definition) is 4. The molecule has 0 fully saturated rings. The van der Waals surface area contributed by atoms with E-state index in [9.17, 15) is 26.4 Å². The molecule has 2 rings (SSSR count). The minimum Gasteiger partial charge on any atom is -0.404 e. The Hall–Kier alpha value is -2.27. The molecule has 0 aliphatic carbocycles. The third kappa shape index (κ3) is 5.60. The molecule has 0 unspecified atom stereocenters. The first-order chi connectivity index (χ1) is 12.4. The van der Waals surface area contributed by atoms with Crippen LogP contribution < -0.4 is 14.4 Å². The van der Waals surface area contributed by atoms with Crippen LogP contribution >= 0.6 is 15.9 Å².